The summed E-state index contributed by atoms with van der Waals surface area (Å²) < 4.78 is 10.4. The maximum atomic E-state index is 11.8. The predicted molar refractivity (Wildman–Crippen MR) is 78.8 cm³/mol. The smallest absolute Gasteiger partial charge is 0.275 e. The van der Waals surface area contributed by atoms with Crippen molar-refractivity contribution in [2.75, 3.05) is 13.7 Å². The maximum absolute atomic E-state index is 11.8. The van der Waals surface area contributed by atoms with Crippen molar-refractivity contribution in [1.82, 2.24) is 5.32 Å². The van der Waals surface area contributed by atoms with Crippen molar-refractivity contribution in [3.05, 3.63) is 54.0 Å². The van der Waals surface area contributed by atoms with Crippen LogP contribution in [0.3, 0.4) is 0 Å². The molecule has 1 amide bonds. The SMILES string of the molecule is COc1ccc(CNC(=O)C[NH2+][C@H](C)c2ccco2)cc1. The van der Waals surface area contributed by atoms with Gasteiger partial charge in [-0.15, -0.1) is 0 Å². The number of nitrogens with two attached hydrogens (primary N) is 1. The standard InChI is InChI=1S/C16H20N2O3/c1-12(15-4-3-9-21-15)17-11-16(19)18-10-13-5-7-14(20-2)8-6-13/h3-9,12,17H,10-11H2,1-2H3,(H,18,19)/p+1/t12-/m1/s1. The lowest BCUT2D eigenvalue weighted by Crippen LogP contribution is -2.86. The number of nitrogens with one attached hydrogen (secondary N) is 1. The van der Waals surface area contributed by atoms with Crippen molar-refractivity contribution in [1.29, 1.82) is 0 Å². The molecule has 2 aromatic rings. The first kappa shape index (κ1) is 15.1. The Morgan fingerprint density at radius 1 is 1.33 bits per heavy atom. The summed E-state index contributed by atoms with van der Waals surface area (Å²) in [6.07, 6.45) is 1.64. The van der Waals surface area contributed by atoms with E-state index in [1.807, 2.05) is 48.6 Å². The van der Waals surface area contributed by atoms with Crippen LogP contribution in [0.1, 0.15) is 24.3 Å². The molecule has 0 fully saturated rings. The lowest BCUT2D eigenvalue weighted by atomic mass is 10.2. The number of carbonyl (C=O) groups is 1. The fourth-order valence-electron chi connectivity index (χ4n) is 1.97. The summed E-state index contributed by atoms with van der Waals surface area (Å²) in [5.74, 6) is 1.69. The summed E-state index contributed by atoms with van der Waals surface area (Å²) in [4.78, 5) is 11.8. The van der Waals surface area contributed by atoms with Gasteiger partial charge in [-0.25, -0.2) is 0 Å². The quantitative estimate of drug-likeness (QED) is 0.805. The number of benzene rings is 1. The van der Waals surface area contributed by atoms with Crippen LogP contribution in [0.5, 0.6) is 5.75 Å². The van der Waals surface area contributed by atoms with Crippen LogP contribution in [0, 0.1) is 0 Å². The molecule has 0 radical (unpaired) electrons. The number of hydrogen-bond donors (Lipinski definition) is 2. The molecule has 0 aliphatic carbocycles. The molecule has 5 nitrogen and oxygen atoms in total. The van der Waals surface area contributed by atoms with Gasteiger partial charge in [0.1, 0.15) is 11.8 Å². The number of hydrogen-bond acceptors (Lipinski definition) is 3. The Bertz CT molecular complexity index is 549. The fraction of sp³-hybridized carbons (Fsp3) is 0.312. The highest BCUT2D eigenvalue weighted by Crippen LogP contribution is 2.10. The minimum absolute atomic E-state index is 0.00391. The third kappa shape index (κ3) is 4.65. The second-order valence-corrected chi connectivity index (χ2v) is 4.87. The molecule has 0 spiro atoms. The highest BCUT2D eigenvalue weighted by Gasteiger charge is 2.13. The molecule has 1 aromatic heterocycles. The largest absolute Gasteiger partial charge is 0.497 e. The van der Waals surface area contributed by atoms with E-state index in [4.69, 9.17) is 9.15 Å². The number of carbonyl (C=O) groups excluding carboxylic acids is 1. The monoisotopic (exact) mass is 289 g/mol. The van der Waals surface area contributed by atoms with Crippen LogP contribution in [0.4, 0.5) is 0 Å². The molecule has 1 heterocycles. The minimum atomic E-state index is 0.00391. The molecule has 1 atom stereocenters. The van der Waals surface area contributed by atoms with Crippen LogP contribution >= 0.6 is 0 Å². The molecule has 0 aliphatic heterocycles. The van der Waals surface area contributed by atoms with Gasteiger partial charge in [-0.05, 0) is 36.8 Å². The van der Waals surface area contributed by atoms with Gasteiger partial charge in [-0.1, -0.05) is 12.1 Å². The van der Waals surface area contributed by atoms with Crippen LogP contribution in [0.2, 0.25) is 0 Å². The summed E-state index contributed by atoms with van der Waals surface area (Å²) in [7, 11) is 1.63. The molecule has 1 aromatic carbocycles. The van der Waals surface area contributed by atoms with Crippen molar-refractivity contribution in [3.8, 4) is 5.75 Å². The van der Waals surface area contributed by atoms with Gasteiger partial charge in [0.2, 0.25) is 0 Å². The van der Waals surface area contributed by atoms with Gasteiger partial charge in [0, 0.05) is 6.54 Å². The van der Waals surface area contributed by atoms with Gasteiger partial charge < -0.3 is 19.8 Å². The number of methoxy groups -OCH3 is 1. The molecule has 0 aliphatic rings. The zero-order chi connectivity index (χ0) is 15.1. The fourth-order valence-corrected chi connectivity index (χ4v) is 1.97. The minimum Gasteiger partial charge on any atom is -0.497 e. The van der Waals surface area contributed by atoms with Crippen LogP contribution in [0.15, 0.2) is 47.1 Å². The Balaban J connectivity index is 1.71. The van der Waals surface area contributed by atoms with Gasteiger partial charge in [0.25, 0.3) is 5.91 Å². The lowest BCUT2D eigenvalue weighted by molar-refractivity contribution is -0.684. The van der Waals surface area contributed by atoms with E-state index >= 15 is 0 Å². The van der Waals surface area contributed by atoms with Gasteiger partial charge in [0.05, 0.1) is 13.4 Å². The van der Waals surface area contributed by atoms with Crippen molar-refractivity contribution < 1.29 is 19.3 Å². The van der Waals surface area contributed by atoms with Crippen LogP contribution < -0.4 is 15.4 Å². The molecule has 0 bridgehead atoms. The summed E-state index contributed by atoms with van der Waals surface area (Å²) in [5, 5.41) is 4.84. The number of amides is 1. The van der Waals surface area contributed by atoms with E-state index in [-0.39, 0.29) is 11.9 Å². The average molecular weight is 289 g/mol. The molecular formula is C16H21N2O3+. The van der Waals surface area contributed by atoms with E-state index in [1.54, 1.807) is 13.4 Å². The molecule has 3 N–H and O–H groups in total. The van der Waals surface area contributed by atoms with E-state index in [2.05, 4.69) is 5.32 Å². The normalized spacial score (nSPS) is 11.9. The number of rotatable bonds is 7. The number of quaternary nitrogens is 1. The molecule has 0 unspecified atom stereocenters. The third-order valence-electron chi connectivity index (χ3n) is 3.30. The first-order valence-electron chi connectivity index (χ1n) is 6.95. The van der Waals surface area contributed by atoms with E-state index in [0.717, 1.165) is 17.1 Å². The lowest BCUT2D eigenvalue weighted by Gasteiger charge is -2.09. The molecular weight excluding hydrogens is 268 g/mol. The second kappa shape index (κ2) is 7.50. The molecule has 5 heteroatoms. The Labute approximate surface area is 124 Å². The summed E-state index contributed by atoms with van der Waals surface area (Å²) in [6, 6.07) is 11.5. The van der Waals surface area contributed by atoms with E-state index in [9.17, 15) is 4.79 Å². The van der Waals surface area contributed by atoms with Gasteiger partial charge in [-0.3, -0.25) is 4.79 Å². The average Bonchev–Trinajstić information content (AvgIpc) is 3.05. The van der Waals surface area contributed by atoms with Crippen molar-refractivity contribution in [2.45, 2.75) is 19.5 Å². The van der Waals surface area contributed by atoms with Crippen molar-refractivity contribution >= 4 is 5.91 Å². The summed E-state index contributed by atoms with van der Waals surface area (Å²) in [6.45, 7) is 2.90. The van der Waals surface area contributed by atoms with E-state index in [0.29, 0.717) is 13.1 Å². The van der Waals surface area contributed by atoms with E-state index in [1.165, 1.54) is 0 Å². The number of furan rings is 1. The molecule has 112 valence electrons. The van der Waals surface area contributed by atoms with Crippen LogP contribution in [-0.4, -0.2) is 19.6 Å². The van der Waals surface area contributed by atoms with Crippen LogP contribution in [0.25, 0.3) is 0 Å². The Morgan fingerprint density at radius 2 is 2.10 bits per heavy atom. The topological polar surface area (TPSA) is 68.1 Å². The highest BCUT2D eigenvalue weighted by molar-refractivity contribution is 5.76. The highest BCUT2D eigenvalue weighted by atomic mass is 16.5. The zero-order valence-electron chi connectivity index (χ0n) is 12.3. The number of ether oxygens (including phenoxy) is 1. The predicted octanol–water partition coefficient (Wildman–Crippen LogP) is 1.23. The van der Waals surface area contributed by atoms with Gasteiger partial charge >= 0.3 is 0 Å². The molecule has 2 rings (SSSR count). The first-order chi connectivity index (χ1) is 10.2. The van der Waals surface area contributed by atoms with Crippen molar-refractivity contribution in [3.63, 3.8) is 0 Å². The first-order valence-corrected chi connectivity index (χ1v) is 6.95. The Morgan fingerprint density at radius 3 is 2.71 bits per heavy atom. The maximum Gasteiger partial charge on any atom is 0.275 e. The molecule has 21 heavy (non-hydrogen) atoms. The van der Waals surface area contributed by atoms with Crippen molar-refractivity contribution in [2.24, 2.45) is 0 Å². The molecule has 0 saturated heterocycles. The van der Waals surface area contributed by atoms with Crippen LogP contribution in [-0.2, 0) is 11.3 Å². The van der Waals surface area contributed by atoms with Gasteiger partial charge in [0.15, 0.2) is 12.3 Å². The zero-order valence-corrected chi connectivity index (χ0v) is 12.3. The third-order valence-corrected chi connectivity index (χ3v) is 3.30. The Hall–Kier alpha value is -2.27. The summed E-state index contributed by atoms with van der Waals surface area (Å²) >= 11 is 0. The van der Waals surface area contributed by atoms with Gasteiger partial charge in [-0.2, -0.15) is 0 Å². The molecule has 0 saturated carbocycles. The van der Waals surface area contributed by atoms with E-state index < -0.39 is 0 Å². The second-order valence-electron chi connectivity index (χ2n) is 4.87. The summed E-state index contributed by atoms with van der Waals surface area (Å²) in [5.41, 5.74) is 1.04. The Kier molecular flexibility index (Phi) is 5.40.